The first-order valence-electron chi connectivity index (χ1n) is 9.06. The van der Waals surface area contributed by atoms with Crippen LogP contribution in [-0.4, -0.2) is 44.4 Å². The van der Waals surface area contributed by atoms with Crippen molar-refractivity contribution in [2.45, 2.75) is 49.5 Å². The topological polar surface area (TPSA) is 107 Å². The highest BCUT2D eigenvalue weighted by atomic mass is 32.2. The third kappa shape index (κ3) is 4.47. The number of benzene rings is 1. The summed E-state index contributed by atoms with van der Waals surface area (Å²) in [5.74, 6) is -1.84. The van der Waals surface area contributed by atoms with Gasteiger partial charge in [0.25, 0.3) is 5.91 Å². The van der Waals surface area contributed by atoms with E-state index < -0.39 is 38.9 Å². The molecule has 2 fully saturated rings. The largest absolute Gasteiger partial charge is 0.452 e. The molecule has 0 spiro atoms. The maximum Gasteiger partial charge on any atom is 0.341 e. The highest BCUT2D eigenvalue weighted by Gasteiger charge is 2.35. The number of hydrogen-bond donors (Lipinski definition) is 1. The van der Waals surface area contributed by atoms with E-state index in [2.05, 4.69) is 0 Å². The molecule has 3 rings (SSSR count). The Hall–Kier alpha value is -2.00. The molecule has 0 bridgehead atoms. The van der Waals surface area contributed by atoms with E-state index in [1.54, 1.807) is 4.90 Å². The summed E-state index contributed by atoms with van der Waals surface area (Å²) >= 11 is 0. The van der Waals surface area contributed by atoms with Gasteiger partial charge in [0.05, 0.1) is 10.5 Å². The number of nitrogens with zero attached hydrogens (tertiary/aromatic N) is 1. The van der Waals surface area contributed by atoms with Gasteiger partial charge in [-0.15, -0.1) is 0 Å². The molecule has 1 saturated heterocycles. The number of carbonyl (C=O) groups is 2. The standard InChI is InChI=1S/C18H23FN2O5S/c19-15-8-7-13(27(20,24)25)10-14(15)18(23)26-11-17(22)21-9-3-5-12-4-1-2-6-16(12)21/h7-8,10,12,16H,1-6,9,11H2,(H2,20,24,25)/t12-,16-/m0/s1. The first-order chi connectivity index (χ1) is 12.8. The molecule has 27 heavy (non-hydrogen) atoms. The van der Waals surface area contributed by atoms with Crippen LogP contribution in [0.4, 0.5) is 4.39 Å². The van der Waals surface area contributed by atoms with Gasteiger partial charge in [-0.1, -0.05) is 12.8 Å². The summed E-state index contributed by atoms with van der Waals surface area (Å²) in [6, 6.07) is 2.79. The van der Waals surface area contributed by atoms with E-state index in [9.17, 15) is 22.4 Å². The Balaban J connectivity index is 1.66. The average molecular weight is 398 g/mol. The SMILES string of the molecule is NS(=O)(=O)c1ccc(F)c(C(=O)OCC(=O)N2CCC[C@@H]3CCCC[C@@H]32)c1. The lowest BCUT2D eigenvalue weighted by Crippen LogP contribution is -2.50. The van der Waals surface area contributed by atoms with Gasteiger partial charge in [0.15, 0.2) is 6.61 Å². The molecule has 0 aromatic heterocycles. The summed E-state index contributed by atoms with van der Waals surface area (Å²) in [4.78, 5) is 26.1. The van der Waals surface area contributed by atoms with Crippen LogP contribution in [0, 0.1) is 11.7 Å². The number of halogens is 1. The number of rotatable bonds is 4. The fourth-order valence-electron chi connectivity index (χ4n) is 4.06. The average Bonchev–Trinajstić information content (AvgIpc) is 2.64. The Bertz CT molecular complexity index is 840. The molecule has 0 unspecified atom stereocenters. The Morgan fingerprint density at radius 1 is 1.19 bits per heavy atom. The number of fused-ring (bicyclic) bond motifs is 1. The third-order valence-corrected chi connectivity index (χ3v) is 6.29. The molecule has 148 valence electrons. The van der Waals surface area contributed by atoms with Gasteiger partial charge < -0.3 is 9.64 Å². The molecule has 1 amide bonds. The number of primary sulfonamides is 1. The highest BCUT2D eigenvalue weighted by Crippen LogP contribution is 2.35. The minimum Gasteiger partial charge on any atom is -0.452 e. The van der Waals surface area contributed by atoms with Crippen LogP contribution in [0.5, 0.6) is 0 Å². The van der Waals surface area contributed by atoms with Gasteiger partial charge in [-0.3, -0.25) is 4.79 Å². The second-order valence-electron chi connectivity index (χ2n) is 7.10. The molecule has 2 aliphatic rings. The first-order valence-corrected chi connectivity index (χ1v) is 10.6. The molecule has 1 aliphatic carbocycles. The van der Waals surface area contributed by atoms with Crippen molar-refractivity contribution >= 4 is 21.9 Å². The maximum atomic E-state index is 13.9. The monoisotopic (exact) mass is 398 g/mol. The van der Waals surface area contributed by atoms with Gasteiger partial charge in [-0.2, -0.15) is 0 Å². The molecule has 2 N–H and O–H groups in total. The smallest absolute Gasteiger partial charge is 0.341 e. The van der Waals surface area contributed by atoms with Gasteiger partial charge in [0, 0.05) is 12.6 Å². The summed E-state index contributed by atoms with van der Waals surface area (Å²) in [5.41, 5.74) is -0.566. The van der Waals surface area contributed by atoms with Crippen molar-refractivity contribution in [3.05, 3.63) is 29.6 Å². The Morgan fingerprint density at radius 2 is 1.89 bits per heavy atom. The van der Waals surface area contributed by atoms with E-state index in [0.717, 1.165) is 50.3 Å². The summed E-state index contributed by atoms with van der Waals surface area (Å²) < 4.78 is 41.6. The number of nitrogens with two attached hydrogens (primary N) is 1. The van der Waals surface area contributed by atoms with Crippen molar-refractivity contribution < 1.29 is 27.1 Å². The van der Waals surface area contributed by atoms with Crippen molar-refractivity contribution in [3.63, 3.8) is 0 Å². The predicted molar refractivity (Wildman–Crippen MR) is 94.7 cm³/mol. The fraction of sp³-hybridized carbons (Fsp3) is 0.556. The van der Waals surface area contributed by atoms with Gasteiger partial charge in [0.2, 0.25) is 10.0 Å². The van der Waals surface area contributed by atoms with Gasteiger partial charge >= 0.3 is 5.97 Å². The Morgan fingerprint density at radius 3 is 2.63 bits per heavy atom. The van der Waals surface area contributed by atoms with Crippen LogP contribution in [-0.2, 0) is 19.6 Å². The van der Waals surface area contributed by atoms with Crippen LogP contribution in [0.2, 0.25) is 0 Å². The molecule has 9 heteroatoms. The van der Waals surface area contributed by atoms with E-state index in [1.165, 1.54) is 6.42 Å². The number of amides is 1. The minimum atomic E-state index is -4.09. The van der Waals surface area contributed by atoms with E-state index in [1.807, 2.05) is 0 Å². The number of sulfonamides is 1. The van der Waals surface area contributed by atoms with Crippen molar-refractivity contribution in [1.82, 2.24) is 4.90 Å². The van der Waals surface area contributed by atoms with E-state index >= 15 is 0 Å². The zero-order valence-electron chi connectivity index (χ0n) is 14.9. The lowest BCUT2D eigenvalue weighted by Gasteiger charge is -2.44. The lowest BCUT2D eigenvalue weighted by atomic mass is 9.78. The zero-order chi connectivity index (χ0) is 19.6. The number of likely N-dealkylation sites (tertiary alicyclic amines) is 1. The molecular formula is C18H23FN2O5S. The number of hydrogen-bond acceptors (Lipinski definition) is 5. The third-order valence-electron chi connectivity index (χ3n) is 5.38. The van der Waals surface area contributed by atoms with Crippen LogP contribution in [0.25, 0.3) is 0 Å². The van der Waals surface area contributed by atoms with Crippen molar-refractivity contribution in [2.24, 2.45) is 11.1 Å². The summed E-state index contributed by atoms with van der Waals surface area (Å²) in [5, 5.41) is 4.99. The zero-order valence-corrected chi connectivity index (χ0v) is 15.7. The number of piperidine rings is 1. The van der Waals surface area contributed by atoms with Crippen LogP contribution in [0.15, 0.2) is 23.1 Å². The van der Waals surface area contributed by atoms with E-state index in [-0.39, 0.29) is 11.9 Å². The number of ether oxygens (including phenoxy) is 1. The number of esters is 1. The van der Waals surface area contributed by atoms with Crippen LogP contribution >= 0.6 is 0 Å². The summed E-state index contributed by atoms with van der Waals surface area (Å²) in [6.45, 7) is 0.133. The lowest BCUT2D eigenvalue weighted by molar-refractivity contribution is -0.140. The molecule has 1 aromatic rings. The Kier molecular flexibility index (Phi) is 5.81. The van der Waals surface area contributed by atoms with Crippen LogP contribution in [0.1, 0.15) is 48.9 Å². The molecule has 1 aliphatic heterocycles. The van der Waals surface area contributed by atoms with E-state index in [0.29, 0.717) is 12.5 Å². The van der Waals surface area contributed by atoms with Gasteiger partial charge in [-0.25, -0.2) is 22.7 Å². The molecule has 1 aromatic carbocycles. The number of carbonyl (C=O) groups excluding carboxylic acids is 2. The summed E-state index contributed by atoms with van der Waals surface area (Å²) in [7, 11) is -4.09. The van der Waals surface area contributed by atoms with Gasteiger partial charge in [0.1, 0.15) is 5.82 Å². The molecule has 1 heterocycles. The molecule has 2 atom stereocenters. The summed E-state index contributed by atoms with van der Waals surface area (Å²) in [6.07, 6.45) is 6.36. The normalized spacial score (nSPS) is 22.8. The van der Waals surface area contributed by atoms with E-state index in [4.69, 9.17) is 9.88 Å². The molecular weight excluding hydrogens is 375 g/mol. The minimum absolute atomic E-state index is 0.182. The van der Waals surface area contributed by atoms with Crippen LogP contribution < -0.4 is 5.14 Å². The Labute approximate surface area is 157 Å². The molecule has 1 saturated carbocycles. The maximum absolute atomic E-state index is 13.9. The van der Waals surface area contributed by atoms with Gasteiger partial charge in [-0.05, 0) is 49.8 Å². The highest BCUT2D eigenvalue weighted by molar-refractivity contribution is 7.89. The molecule has 0 radical (unpaired) electrons. The second kappa shape index (κ2) is 7.93. The fourth-order valence-corrected chi connectivity index (χ4v) is 4.60. The first kappa shape index (κ1) is 19.8. The van der Waals surface area contributed by atoms with Crippen molar-refractivity contribution in [2.75, 3.05) is 13.2 Å². The van der Waals surface area contributed by atoms with Crippen molar-refractivity contribution in [1.29, 1.82) is 0 Å². The second-order valence-corrected chi connectivity index (χ2v) is 8.67. The predicted octanol–water partition coefficient (Wildman–Crippen LogP) is 1.81. The quantitative estimate of drug-likeness (QED) is 0.779. The van der Waals surface area contributed by atoms with Crippen molar-refractivity contribution in [3.8, 4) is 0 Å². The van der Waals surface area contributed by atoms with Crippen LogP contribution in [0.3, 0.4) is 0 Å². The molecule has 7 nitrogen and oxygen atoms in total.